The summed E-state index contributed by atoms with van der Waals surface area (Å²) in [5.41, 5.74) is 8.80. The second kappa shape index (κ2) is 4.90. The third-order valence-corrected chi connectivity index (χ3v) is 3.51. The average Bonchev–Trinajstić information content (AvgIpc) is 2.76. The van der Waals surface area contributed by atoms with Crippen LogP contribution in [0.25, 0.3) is 0 Å². The van der Waals surface area contributed by atoms with Crippen molar-refractivity contribution in [2.75, 3.05) is 12.4 Å². The molecule has 3 rings (SSSR count). The van der Waals surface area contributed by atoms with E-state index in [1.807, 2.05) is 24.3 Å². The van der Waals surface area contributed by atoms with Gasteiger partial charge in [0.1, 0.15) is 5.82 Å². The third kappa shape index (κ3) is 2.27. The van der Waals surface area contributed by atoms with Gasteiger partial charge in [-0.15, -0.1) is 0 Å². The van der Waals surface area contributed by atoms with E-state index in [4.69, 9.17) is 10.5 Å². The first-order valence-electron chi connectivity index (χ1n) is 6.39. The molecule has 1 aromatic heterocycles. The van der Waals surface area contributed by atoms with E-state index in [1.165, 1.54) is 11.1 Å². The minimum atomic E-state index is 0.0744. The van der Waals surface area contributed by atoms with Crippen LogP contribution in [-0.2, 0) is 6.42 Å². The van der Waals surface area contributed by atoms with E-state index in [9.17, 15) is 0 Å². The first kappa shape index (κ1) is 12.0. The molecule has 98 valence electrons. The number of pyridine rings is 1. The Labute approximate surface area is 112 Å². The van der Waals surface area contributed by atoms with E-state index < -0.39 is 0 Å². The Morgan fingerprint density at radius 1 is 1.21 bits per heavy atom. The lowest BCUT2D eigenvalue weighted by molar-refractivity contribution is 0.398. The van der Waals surface area contributed by atoms with Gasteiger partial charge in [0.15, 0.2) is 0 Å². The standard InChI is InChI=1S/C15H17N3O/c1-19-14-8-4-7-13(17-14)18-15-11-6-3-2-5-10(11)9-12(15)16/h2-8,12,15H,9,16H2,1H3,(H,17,18). The highest BCUT2D eigenvalue weighted by molar-refractivity contribution is 5.46. The highest BCUT2D eigenvalue weighted by Crippen LogP contribution is 2.32. The summed E-state index contributed by atoms with van der Waals surface area (Å²) in [4.78, 5) is 4.37. The average molecular weight is 255 g/mol. The molecular formula is C15H17N3O. The fourth-order valence-electron chi connectivity index (χ4n) is 2.58. The Kier molecular flexibility index (Phi) is 3.09. The van der Waals surface area contributed by atoms with Gasteiger partial charge in [-0.2, -0.15) is 4.98 Å². The second-order valence-electron chi connectivity index (χ2n) is 4.75. The highest BCUT2D eigenvalue weighted by Gasteiger charge is 2.29. The molecule has 2 aromatic rings. The molecule has 2 unspecified atom stereocenters. The molecule has 1 heterocycles. The predicted octanol–water partition coefficient (Wildman–Crippen LogP) is 2.13. The summed E-state index contributed by atoms with van der Waals surface area (Å²) in [6, 6.07) is 14.2. The predicted molar refractivity (Wildman–Crippen MR) is 75.3 cm³/mol. The lowest BCUT2D eigenvalue weighted by Crippen LogP contribution is -2.30. The lowest BCUT2D eigenvalue weighted by Gasteiger charge is -2.19. The Bertz CT molecular complexity index is 585. The number of nitrogens with zero attached hydrogens (tertiary/aromatic N) is 1. The molecule has 19 heavy (non-hydrogen) atoms. The van der Waals surface area contributed by atoms with E-state index in [-0.39, 0.29) is 12.1 Å². The van der Waals surface area contributed by atoms with Crippen molar-refractivity contribution in [3.8, 4) is 5.88 Å². The largest absolute Gasteiger partial charge is 0.481 e. The van der Waals surface area contributed by atoms with Crippen LogP contribution in [0, 0.1) is 0 Å². The molecule has 0 radical (unpaired) electrons. The van der Waals surface area contributed by atoms with Gasteiger partial charge in [0.05, 0.1) is 13.2 Å². The Hall–Kier alpha value is -2.07. The summed E-state index contributed by atoms with van der Waals surface area (Å²) in [6.07, 6.45) is 0.901. The summed E-state index contributed by atoms with van der Waals surface area (Å²) < 4.78 is 5.13. The zero-order valence-electron chi connectivity index (χ0n) is 10.8. The van der Waals surface area contributed by atoms with Crippen LogP contribution in [0.2, 0.25) is 0 Å². The van der Waals surface area contributed by atoms with Gasteiger partial charge in [0.25, 0.3) is 0 Å². The van der Waals surface area contributed by atoms with Crippen molar-refractivity contribution in [1.29, 1.82) is 0 Å². The maximum absolute atomic E-state index is 6.23. The second-order valence-corrected chi connectivity index (χ2v) is 4.75. The molecule has 0 saturated carbocycles. The molecule has 0 spiro atoms. The number of benzene rings is 1. The van der Waals surface area contributed by atoms with Crippen LogP contribution in [0.5, 0.6) is 5.88 Å². The molecule has 0 bridgehead atoms. The smallest absolute Gasteiger partial charge is 0.214 e. The van der Waals surface area contributed by atoms with E-state index in [0.29, 0.717) is 5.88 Å². The molecule has 0 fully saturated rings. The molecule has 0 amide bonds. The van der Waals surface area contributed by atoms with Gasteiger partial charge in [0, 0.05) is 12.1 Å². The van der Waals surface area contributed by atoms with Crippen LogP contribution in [0.15, 0.2) is 42.5 Å². The zero-order chi connectivity index (χ0) is 13.2. The van der Waals surface area contributed by atoms with Crippen LogP contribution in [0.4, 0.5) is 5.82 Å². The van der Waals surface area contributed by atoms with Crippen molar-refractivity contribution < 1.29 is 4.74 Å². The van der Waals surface area contributed by atoms with Crippen LogP contribution < -0.4 is 15.8 Å². The molecule has 1 aliphatic carbocycles. The highest BCUT2D eigenvalue weighted by atomic mass is 16.5. The quantitative estimate of drug-likeness (QED) is 0.882. The van der Waals surface area contributed by atoms with Crippen LogP contribution in [-0.4, -0.2) is 18.1 Å². The fourth-order valence-corrected chi connectivity index (χ4v) is 2.58. The van der Waals surface area contributed by atoms with Crippen molar-refractivity contribution in [2.24, 2.45) is 5.73 Å². The molecule has 0 saturated heterocycles. The fraction of sp³-hybridized carbons (Fsp3) is 0.267. The van der Waals surface area contributed by atoms with Crippen molar-refractivity contribution in [1.82, 2.24) is 4.98 Å². The molecule has 3 N–H and O–H groups in total. The van der Waals surface area contributed by atoms with Crippen molar-refractivity contribution in [2.45, 2.75) is 18.5 Å². The number of hydrogen-bond donors (Lipinski definition) is 2. The zero-order valence-corrected chi connectivity index (χ0v) is 10.8. The number of ether oxygens (including phenoxy) is 1. The molecular weight excluding hydrogens is 238 g/mol. The van der Waals surface area contributed by atoms with Crippen molar-refractivity contribution in [3.05, 3.63) is 53.6 Å². The molecule has 1 aromatic carbocycles. The van der Waals surface area contributed by atoms with E-state index in [0.717, 1.165) is 12.2 Å². The minimum absolute atomic E-state index is 0.0744. The Morgan fingerprint density at radius 2 is 2.05 bits per heavy atom. The van der Waals surface area contributed by atoms with Crippen LogP contribution >= 0.6 is 0 Å². The van der Waals surface area contributed by atoms with Gasteiger partial charge in [-0.05, 0) is 23.6 Å². The Morgan fingerprint density at radius 3 is 2.89 bits per heavy atom. The number of nitrogens with two attached hydrogens (primary N) is 1. The van der Waals surface area contributed by atoms with Gasteiger partial charge in [0.2, 0.25) is 5.88 Å². The summed E-state index contributed by atoms with van der Waals surface area (Å²) in [5.74, 6) is 1.39. The van der Waals surface area contributed by atoms with Crippen molar-refractivity contribution in [3.63, 3.8) is 0 Å². The number of nitrogens with one attached hydrogen (secondary N) is 1. The minimum Gasteiger partial charge on any atom is -0.481 e. The van der Waals surface area contributed by atoms with E-state index in [1.54, 1.807) is 7.11 Å². The normalized spacial score (nSPS) is 20.9. The number of aromatic nitrogens is 1. The first-order valence-corrected chi connectivity index (χ1v) is 6.39. The monoisotopic (exact) mass is 255 g/mol. The molecule has 1 aliphatic rings. The first-order chi connectivity index (χ1) is 9.28. The van der Waals surface area contributed by atoms with Gasteiger partial charge in [-0.3, -0.25) is 0 Å². The lowest BCUT2D eigenvalue weighted by atomic mass is 10.1. The van der Waals surface area contributed by atoms with Gasteiger partial charge >= 0.3 is 0 Å². The summed E-state index contributed by atoms with van der Waals surface area (Å²) in [6.45, 7) is 0. The number of anilines is 1. The van der Waals surface area contributed by atoms with Crippen LogP contribution in [0.1, 0.15) is 17.2 Å². The number of hydrogen-bond acceptors (Lipinski definition) is 4. The topological polar surface area (TPSA) is 60.2 Å². The number of fused-ring (bicyclic) bond motifs is 1. The molecule has 4 nitrogen and oxygen atoms in total. The van der Waals surface area contributed by atoms with Gasteiger partial charge in [-0.1, -0.05) is 30.3 Å². The SMILES string of the molecule is COc1cccc(NC2c3ccccc3CC2N)n1. The van der Waals surface area contributed by atoms with E-state index >= 15 is 0 Å². The number of methoxy groups -OCH3 is 1. The maximum Gasteiger partial charge on any atom is 0.214 e. The van der Waals surface area contributed by atoms with Crippen LogP contribution in [0.3, 0.4) is 0 Å². The summed E-state index contributed by atoms with van der Waals surface area (Å²) in [5, 5.41) is 3.41. The molecule has 2 atom stereocenters. The van der Waals surface area contributed by atoms with Gasteiger partial charge < -0.3 is 15.8 Å². The molecule has 4 heteroatoms. The maximum atomic E-state index is 6.23. The van der Waals surface area contributed by atoms with Crippen molar-refractivity contribution >= 4 is 5.82 Å². The summed E-state index contributed by atoms with van der Waals surface area (Å²) in [7, 11) is 1.61. The summed E-state index contributed by atoms with van der Waals surface area (Å²) >= 11 is 0. The Balaban J connectivity index is 1.87. The third-order valence-electron chi connectivity index (χ3n) is 3.51. The van der Waals surface area contributed by atoms with Gasteiger partial charge in [-0.25, -0.2) is 0 Å². The number of rotatable bonds is 3. The van der Waals surface area contributed by atoms with E-state index in [2.05, 4.69) is 28.5 Å². The molecule has 0 aliphatic heterocycles.